The van der Waals surface area contributed by atoms with Crippen LogP contribution in [0.4, 0.5) is 0 Å². The Morgan fingerprint density at radius 2 is 2.00 bits per heavy atom. The van der Waals surface area contributed by atoms with Crippen molar-refractivity contribution in [2.45, 2.75) is 38.4 Å². The fraction of sp³-hybridized carbons (Fsp3) is 0.538. The molecule has 1 rings (SSSR count). The average Bonchev–Trinajstić information content (AvgIpc) is 2.27. The normalized spacial score (nSPS) is 15.4. The maximum absolute atomic E-state index is 12.2. The van der Waals surface area contributed by atoms with Crippen LogP contribution >= 0.6 is 23.5 Å². The van der Waals surface area contributed by atoms with Gasteiger partial charge in [0.25, 0.3) is 0 Å². The van der Waals surface area contributed by atoms with Crippen molar-refractivity contribution in [3.05, 3.63) is 29.3 Å². The lowest BCUT2D eigenvalue weighted by molar-refractivity contribution is 0.284. The van der Waals surface area contributed by atoms with Crippen LogP contribution in [0.5, 0.6) is 0 Å². The van der Waals surface area contributed by atoms with Crippen molar-refractivity contribution < 1.29 is 14.0 Å². The van der Waals surface area contributed by atoms with Crippen molar-refractivity contribution in [3.8, 4) is 0 Å². The number of alkyl halides is 1. The van der Waals surface area contributed by atoms with Gasteiger partial charge in [-0.15, -0.1) is 0 Å². The summed E-state index contributed by atoms with van der Waals surface area (Å²) in [4.78, 5) is 10.0. The second-order valence-electron chi connectivity index (χ2n) is 5.17. The molecular formula is C13H20BrO3P. The van der Waals surface area contributed by atoms with Crippen molar-refractivity contribution in [3.63, 3.8) is 0 Å². The highest BCUT2D eigenvalue weighted by Gasteiger charge is 2.27. The highest BCUT2D eigenvalue weighted by molar-refractivity contribution is 9.08. The summed E-state index contributed by atoms with van der Waals surface area (Å²) in [7, 11) is -3.73. The van der Waals surface area contributed by atoms with Gasteiger partial charge in [-0.2, -0.15) is 0 Å². The Hall–Kier alpha value is -0.150. The Morgan fingerprint density at radius 1 is 1.39 bits per heavy atom. The number of benzene rings is 1. The first-order chi connectivity index (χ1) is 8.22. The van der Waals surface area contributed by atoms with Gasteiger partial charge >= 0.3 is 7.60 Å². The maximum atomic E-state index is 12.2. The molecule has 0 aliphatic carbocycles. The van der Waals surface area contributed by atoms with Crippen molar-refractivity contribution in [2.24, 2.45) is 0 Å². The first-order valence-corrected chi connectivity index (χ1v) is 8.59. The van der Waals surface area contributed by atoms with Crippen molar-refractivity contribution in [2.75, 3.05) is 6.61 Å². The summed E-state index contributed by atoms with van der Waals surface area (Å²) in [6, 6.07) is 5.66. The van der Waals surface area contributed by atoms with Gasteiger partial charge in [0.2, 0.25) is 0 Å². The Morgan fingerprint density at radius 3 is 2.44 bits per heavy atom. The first-order valence-electron chi connectivity index (χ1n) is 5.89. The zero-order chi connectivity index (χ0) is 14.0. The summed E-state index contributed by atoms with van der Waals surface area (Å²) in [5, 5.41) is 0.929. The number of hydrogen-bond acceptors (Lipinski definition) is 2. The average molecular weight is 335 g/mol. The summed E-state index contributed by atoms with van der Waals surface area (Å²) in [6.07, 6.45) is 0. The standard InChI is InChI=1S/C13H20BrO3P/c1-5-17-18(15,16)12-8-11(13(2,3)4)7-6-10(12)9-14/h6-8H,5,9H2,1-4H3,(H,15,16). The Labute approximate surface area is 117 Å². The van der Waals surface area contributed by atoms with Crippen LogP contribution < -0.4 is 5.30 Å². The van der Waals surface area contributed by atoms with Crippen LogP contribution in [0.25, 0.3) is 0 Å². The van der Waals surface area contributed by atoms with Crippen molar-refractivity contribution >= 4 is 28.8 Å². The van der Waals surface area contributed by atoms with Gasteiger partial charge in [0.15, 0.2) is 0 Å². The van der Waals surface area contributed by atoms with Crippen molar-refractivity contribution in [1.82, 2.24) is 0 Å². The molecule has 0 aromatic heterocycles. The molecule has 0 bridgehead atoms. The van der Waals surface area contributed by atoms with Gasteiger partial charge in [-0.05, 0) is 29.5 Å². The molecule has 0 aliphatic rings. The molecule has 0 saturated carbocycles. The summed E-state index contributed by atoms with van der Waals surface area (Å²) in [5.74, 6) is 0. The molecule has 0 radical (unpaired) electrons. The number of hydrogen-bond donors (Lipinski definition) is 1. The van der Waals surface area contributed by atoms with Gasteiger partial charge in [-0.3, -0.25) is 4.57 Å². The lowest BCUT2D eigenvalue weighted by Gasteiger charge is -2.22. The topological polar surface area (TPSA) is 46.5 Å². The minimum atomic E-state index is -3.73. The van der Waals surface area contributed by atoms with Gasteiger partial charge < -0.3 is 9.42 Å². The molecule has 0 aliphatic heterocycles. The quantitative estimate of drug-likeness (QED) is 0.674. The molecule has 18 heavy (non-hydrogen) atoms. The maximum Gasteiger partial charge on any atom is 0.359 e. The molecule has 0 spiro atoms. The largest absolute Gasteiger partial charge is 0.359 e. The predicted octanol–water partition coefficient (Wildman–Crippen LogP) is 3.73. The van der Waals surface area contributed by atoms with Crippen LogP contribution in [0, 0.1) is 0 Å². The van der Waals surface area contributed by atoms with E-state index in [1.54, 1.807) is 13.0 Å². The van der Waals surface area contributed by atoms with E-state index in [-0.39, 0.29) is 12.0 Å². The molecular weight excluding hydrogens is 315 g/mol. The zero-order valence-electron chi connectivity index (χ0n) is 11.2. The van der Waals surface area contributed by atoms with Crippen LogP contribution in [0.3, 0.4) is 0 Å². The van der Waals surface area contributed by atoms with Gasteiger partial charge in [0.1, 0.15) is 0 Å². The van der Waals surface area contributed by atoms with Crippen LogP contribution in [0.1, 0.15) is 38.8 Å². The van der Waals surface area contributed by atoms with Crippen LogP contribution in [0.2, 0.25) is 0 Å². The van der Waals surface area contributed by atoms with E-state index < -0.39 is 7.60 Å². The second kappa shape index (κ2) is 5.87. The highest BCUT2D eigenvalue weighted by Crippen LogP contribution is 2.42. The molecule has 0 amide bonds. The third kappa shape index (κ3) is 3.67. The van der Waals surface area contributed by atoms with Crippen molar-refractivity contribution in [1.29, 1.82) is 0 Å². The Kier molecular flexibility index (Phi) is 5.19. The van der Waals surface area contributed by atoms with Crippen LogP contribution in [0.15, 0.2) is 18.2 Å². The van der Waals surface area contributed by atoms with E-state index in [0.29, 0.717) is 10.6 Å². The van der Waals surface area contributed by atoms with E-state index in [2.05, 4.69) is 36.7 Å². The molecule has 1 aromatic carbocycles. The SMILES string of the molecule is CCOP(=O)(O)c1cc(C(C)(C)C)ccc1CBr. The Bertz CT molecular complexity index is 466. The molecule has 3 nitrogen and oxygen atoms in total. The summed E-state index contributed by atoms with van der Waals surface area (Å²) >= 11 is 3.34. The Balaban J connectivity index is 3.36. The van der Waals surface area contributed by atoms with E-state index >= 15 is 0 Å². The van der Waals surface area contributed by atoms with E-state index in [9.17, 15) is 9.46 Å². The third-order valence-corrected chi connectivity index (χ3v) is 4.94. The van der Waals surface area contributed by atoms with Gasteiger partial charge in [-0.25, -0.2) is 0 Å². The molecule has 1 aromatic rings. The van der Waals surface area contributed by atoms with Gasteiger partial charge in [0, 0.05) is 5.33 Å². The fourth-order valence-corrected chi connectivity index (χ4v) is 3.66. The summed E-state index contributed by atoms with van der Waals surface area (Å²) in [6.45, 7) is 8.15. The number of rotatable bonds is 4. The molecule has 1 N–H and O–H groups in total. The predicted molar refractivity (Wildman–Crippen MR) is 78.9 cm³/mol. The van der Waals surface area contributed by atoms with E-state index in [4.69, 9.17) is 4.52 Å². The van der Waals surface area contributed by atoms with Gasteiger partial charge in [-0.1, -0.05) is 48.8 Å². The lowest BCUT2D eigenvalue weighted by Crippen LogP contribution is -2.18. The first kappa shape index (κ1) is 15.9. The van der Waals surface area contributed by atoms with Gasteiger partial charge in [0.05, 0.1) is 11.9 Å². The van der Waals surface area contributed by atoms with Crippen LogP contribution in [-0.2, 0) is 19.8 Å². The minimum Gasteiger partial charge on any atom is -0.321 e. The van der Waals surface area contributed by atoms with Crippen LogP contribution in [-0.4, -0.2) is 11.5 Å². The molecule has 5 heteroatoms. The zero-order valence-corrected chi connectivity index (χ0v) is 13.7. The highest BCUT2D eigenvalue weighted by atomic mass is 79.9. The molecule has 1 unspecified atom stereocenters. The molecule has 0 fully saturated rings. The number of halogens is 1. The molecule has 0 heterocycles. The smallest absolute Gasteiger partial charge is 0.321 e. The van der Waals surface area contributed by atoms with E-state index in [1.807, 2.05) is 12.1 Å². The molecule has 1 atom stereocenters. The third-order valence-electron chi connectivity index (χ3n) is 2.70. The second-order valence-corrected chi connectivity index (χ2v) is 7.51. The summed E-state index contributed by atoms with van der Waals surface area (Å²) < 4.78 is 17.2. The monoisotopic (exact) mass is 334 g/mol. The fourth-order valence-electron chi connectivity index (χ4n) is 1.65. The summed E-state index contributed by atoms with van der Waals surface area (Å²) in [5.41, 5.74) is 1.75. The minimum absolute atomic E-state index is 0.0637. The lowest BCUT2D eigenvalue weighted by atomic mass is 9.87. The molecule has 0 saturated heterocycles. The molecule has 102 valence electrons. The van der Waals surface area contributed by atoms with E-state index in [0.717, 1.165) is 11.1 Å². The van der Waals surface area contributed by atoms with E-state index in [1.165, 1.54) is 0 Å².